The molecule has 0 bridgehead atoms. The van der Waals surface area contributed by atoms with Crippen molar-refractivity contribution in [2.45, 2.75) is 32.4 Å². The number of ether oxygens (including phenoxy) is 2. The van der Waals surface area contributed by atoms with Crippen molar-refractivity contribution in [1.82, 2.24) is 9.88 Å². The zero-order valence-corrected chi connectivity index (χ0v) is 16.1. The number of aliphatic carboxylic acids is 1. The highest BCUT2D eigenvalue weighted by Crippen LogP contribution is 2.31. The molecule has 7 nitrogen and oxygen atoms in total. The minimum atomic E-state index is -0.968. The van der Waals surface area contributed by atoms with Gasteiger partial charge in [-0.15, -0.1) is 11.3 Å². The number of carboxylic acids is 1. The van der Waals surface area contributed by atoms with E-state index in [1.807, 2.05) is 12.3 Å². The number of rotatable bonds is 6. The second kappa shape index (κ2) is 8.39. The molecule has 2 heterocycles. The molecule has 8 heteroatoms. The van der Waals surface area contributed by atoms with Crippen molar-refractivity contribution in [3.63, 3.8) is 0 Å². The monoisotopic (exact) mass is 390 g/mol. The van der Waals surface area contributed by atoms with Crippen LogP contribution >= 0.6 is 11.3 Å². The minimum Gasteiger partial charge on any atom is -0.493 e. The Morgan fingerprint density at radius 3 is 2.85 bits per heavy atom. The fourth-order valence-electron chi connectivity index (χ4n) is 3.16. The number of carbonyl (C=O) groups excluding carboxylic acids is 1. The third-order valence-electron chi connectivity index (χ3n) is 4.68. The first-order valence-electron chi connectivity index (χ1n) is 8.71. The molecular formula is C19H22N2O5S. The Morgan fingerprint density at radius 1 is 1.37 bits per heavy atom. The van der Waals surface area contributed by atoms with Gasteiger partial charge in [-0.3, -0.25) is 4.79 Å². The van der Waals surface area contributed by atoms with Gasteiger partial charge in [0.05, 0.1) is 18.3 Å². The van der Waals surface area contributed by atoms with Crippen LogP contribution in [0.5, 0.6) is 11.5 Å². The molecule has 144 valence electrons. The van der Waals surface area contributed by atoms with Gasteiger partial charge in [0, 0.05) is 17.5 Å². The second-order valence-corrected chi connectivity index (χ2v) is 7.33. The number of aromatic nitrogens is 1. The van der Waals surface area contributed by atoms with Crippen molar-refractivity contribution in [3.05, 3.63) is 40.3 Å². The second-order valence-electron chi connectivity index (χ2n) is 6.62. The van der Waals surface area contributed by atoms with E-state index in [9.17, 15) is 14.7 Å². The number of hydrogen-bond donors (Lipinski definition) is 1. The number of benzene rings is 1. The molecule has 2 atom stereocenters. The van der Waals surface area contributed by atoms with E-state index in [1.54, 1.807) is 23.7 Å². The Balaban J connectivity index is 1.77. The van der Waals surface area contributed by atoms with Gasteiger partial charge in [-0.25, -0.2) is 9.78 Å². The fraction of sp³-hybridized carbons (Fsp3) is 0.421. The molecule has 2 unspecified atom stereocenters. The fourth-order valence-corrected chi connectivity index (χ4v) is 3.71. The molecule has 1 aliphatic rings. The van der Waals surface area contributed by atoms with E-state index in [2.05, 4.69) is 4.98 Å². The highest BCUT2D eigenvalue weighted by atomic mass is 32.1. The zero-order valence-electron chi connectivity index (χ0n) is 15.3. The summed E-state index contributed by atoms with van der Waals surface area (Å²) in [6, 6.07) is 4.10. The lowest BCUT2D eigenvalue weighted by molar-refractivity contribution is -0.144. The Bertz CT molecular complexity index is 808. The molecule has 1 fully saturated rings. The van der Waals surface area contributed by atoms with Gasteiger partial charge in [0.1, 0.15) is 12.6 Å². The van der Waals surface area contributed by atoms with Crippen LogP contribution in [0.3, 0.4) is 0 Å². The van der Waals surface area contributed by atoms with Crippen LogP contribution in [0.4, 0.5) is 0 Å². The Kier molecular flexibility index (Phi) is 5.95. The first kappa shape index (κ1) is 19.2. The van der Waals surface area contributed by atoms with Crippen molar-refractivity contribution >= 4 is 23.2 Å². The molecule has 1 saturated heterocycles. The van der Waals surface area contributed by atoms with Gasteiger partial charge in [-0.1, -0.05) is 6.92 Å². The molecule has 3 rings (SSSR count). The van der Waals surface area contributed by atoms with E-state index in [1.165, 1.54) is 23.3 Å². The van der Waals surface area contributed by atoms with Crippen molar-refractivity contribution in [3.8, 4) is 11.5 Å². The van der Waals surface area contributed by atoms with Crippen LogP contribution in [-0.4, -0.2) is 46.6 Å². The summed E-state index contributed by atoms with van der Waals surface area (Å²) in [5.74, 6) is -0.0626. The molecule has 1 aliphatic heterocycles. The van der Waals surface area contributed by atoms with Crippen LogP contribution in [0.15, 0.2) is 29.1 Å². The normalized spacial score (nSPS) is 19.6. The summed E-state index contributed by atoms with van der Waals surface area (Å²) < 4.78 is 11.1. The largest absolute Gasteiger partial charge is 0.493 e. The summed E-state index contributed by atoms with van der Waals surface area (Å²) in [5, 5.41) is 11.4. The first-order valence-corrected chi connectivity index (χ1v) is 9.65. The smallest absolute Gasteiger partial charge is 0.326 e. The summed E-state index contributed by atoms with van der Waals surface area (Å²) >= 11 is 1.49. The Labute approximate surface area is 161 Å². The number of amides is 1. The predicted molar refractivity (Wildman–Crippen MR) is 100 cm³/mol. The summed E-state index contributed by atoms with van der Waals surface area (Å²) in [4.78, 5) is 30.1. The SMILES string of the molecule is COc1cc(C(=O)N2CCC(C)CC2C(=O)O)ccc1OCc1cscn1. The Morgan fingerprint density at radius 2 is 2.19 bits per heavy atom. The van der Waals surface area contributed by atoms with Crippen LogP contribution in [0, 0.1) is 5.92 Å². The summed E-state index contributed by atoms with van der Waals surface area (Å²) in [6.45, 7) is 2.74. The number of thiazole rings is 1. The van der Waals surface area contributed by atoms with Gasteiger partial charge < -0.3 is 19.5 Å². The standard InChI is InChI=1S/C19H22N2O5S/c1-12-5-6-21(15(7-12)19(23)24)18(22)13-3-4-16(17(8-13)25-2)26-9-14-10-27-11-20-14/h3-4,8,10-12,15H,5-7,9H2,1-2H3,(H,23,24). The molecule has 0 radical (unpaired) electrons. The van der Waals surface area contributed by atoms with E-state index >= 15 is 0 Å². The molecule has 1 aromatic heterocycles. The minimum absolute atomic E-state index is 0.283. The number of likely N-dealkylation sites (tertiary alicyclic amines) is 1. The van der Waals surface area contributed by atoms with Gasteiger partial charge in [0.2, 0.25) is 0 Å². The van der Waals surface area contributed by atoms with E-state index < -0.39 is 12.0 Å². The third-order valence-corrected chi connectivity index (χ3v) is 5.32. The first-order chi connectivity index (χ1) is 13.0. The van der Waals surface area contributed by atoms with Crippen LogP contribution in [0.1, 0.15) is 35.8 Å². The number of nitrogens with zero attached hydrogens (tertiary/aromatic N) is 2. The maximum atomic E-state index is 12.9. The molecule has 1 amide bonds. The molecule has 0 saturated carbocycles. The number of carbonyl (C=O) groups is 2. The number of piperidine rings is 1. The topological polar surface area (TPSA) is 89.0 Å². The number of carboxylic acid groups (broad SMARTS) is 1. The third kappa shape index (κ3) is 4.39. The van der Waals surface area contributed by atoms with Crippen LogP contribution in [0.2, 0.25) is 0 Å². The van der Waals surface area contributed by atoms with Crippen molar-refractivity contribution in [1.29, 1.82) is 0 Å². The van der Waals surface area contributed by atoms with Gasteiger partial charge in [0.15, 0.2) is 11.5 Å². The average Bonchev–Trinajstić information content (AvgIpc) is 3.19. The van der Waals surface area contributed by atoms with E-state index in [0.717, 1.165) is 12.1 Å². The lowest BCUT2D eigenvalue weighted by Crippen LogP contribution is -2.49. The molecule has 1 aromatic carbocycles. The highest BCUT2D eigenvalue weighted by Gasteiger charge is 2.35. The molecule has 2 aromatic rings. The van der Waals surface area contributed by atoms with E-state index in [-0.39, 0.29) is 11.8 Å². The Hall–Kier alpha value is -2.61. The molecule has 0 aliphatic carbocycles. The molecule has 0 spiro atoms. The lowest BCUT2D eigenvalue weighted by atomic mass is 9.92. The summed E-state index contributed by atoms with van der Waals surface area (Å²) in [5.41, 5.74) is 2.93. The summed E-state index contributed by atoms with van der Waals surface area (Å²) in [6.07, 6.45) is 1.26. The van der Waals surface area contributed by atoms with E-state index in [0.29, 0.717) is 36.6 Å². The quantitative estimate of drug-likeness (QED) is 0.815. The van der Waals surface area contributed by atoms with Crippen LogP contribution < -0.4 is 9.47 Å². The van der Waals surface area contributed by atoms with Crippen molar-refractivity contribution < 1.29 is 24.2 Å². The maximum Gasteiger partial charge on any atom is 0.326 e. The molecule has 27 heavy (non-hydrogen) atoms. The van der Waals surface area contributed by atoms with Gasteiger partial charge >= 0.3 is 5.97 Å². The van der Waals surface area contributed by atoms with Gasteiger partial charge in [-0.05, 0) is 37.0 Å². The van der Waals surface area contributed by atoms with E-state index in [4.69, 9.17) is 9.47 Å². The zero-order chi connectivity index (χ0) is 19.4. The number of methoxy groups -OCH3 is 1. The average molecular weight is 390 g/mol. The van der Waals surface area contributed by atoms with Gasteiger partial charge in [-0.2, -0.15) is 0 Å². The molecule has 1 N–H and O–H groups in total. The summed E-state index contributed by atoms with van der Waals surface area (Å²) in [7, 11) is 1.50. The molecular weight excluding hydrogens is 368 g/mol. The maximum absolute atomic E-state index is 12.9. The number of hydrogen-bond acceptors (Lipinski definition) is 6. The van der Waals surface area contributed by atoms with Crippen molar-refractivity contribution in [2.75, 3.05) is 13.7 Å². The van der Waals surface area contributed by atoms with Crippen LogP contribution in [-0.2, 0) is 11.4 Å². The van der Waals surface area contributed by atoms with Crippen LogP contribution in [0.25, 0.3) is 0 Å². The predicted octanol–water partition coefficient (Wildman–Crippen LogP) is 3.06. The van der Waals surface area contributed by atoms with Crippen molar-refractivity contribution in [2.24, 2.45) is 5.92 Å². The van der Waals surface area contributed by atoms with Gasteiger partial charge in [0.25, 0.3) is 5.91 Å². The highest BCUT2D eigenvalue weighted by molar-refractivity contribution is 7.07. The lowest BCUT2D eigenvalue weighted by Gasteiger charge is -2.36.